The van der Waals surface area contributed by atoms with Crippen molar-refractivity contribution in [3.05, 3.63) is 95.3 Å². The highest BCUT2D eigenvalue weighted by molar-refractivity contribution is 5.74. The summed E-state index contributed by atoms with van der Waals surface area (Å²) >= 11 is 0. The zero-order chi connectivity index (χ0) is 19.2. The molecule has 0 unspecified atom stereocenters. The quantitative estimate of drug-likeness (QED) is 0.438. The van der Waals surface area contributed by atoms with Gasteiger partial charge in [0.25, 0.3) is 0 Å². The van der Waals surface area contributed by atoms with Crippen molar-refractivity contribution in [3.8, 4) is 5.75 Å². The molecule has 3 aromatic carbocycles. The molecule has 4 rings (SSSR count). The second kappa shape index (κ2) is 8.72. The highest BCUT2D eigenvalue weighted by Gasteiger charge is 2.02. The number of fused-ring (bicyclic) bond motifs is 1. The summed E-state index contributed by atoms with van der Waals surface area (Å²) in [5.41, 5.74) is 5.81. The van der Waals surface area contributed by atoms with Crippen LogP contribution in [0.25, 0.3) is 11.0 Å². The van der Waals surface area contributed by atoms with Gasteiger partial charge in [-0.15, -0.1) is 0 Å². The highest BCUT2D eigenvalue weighted by atomic mass is 16.5. The Kier molecular flexibility index (Phi) is 5.69. The molecule has 0 aliphatic rings. The van der Waals surface area contributed by atoms with E-state index in [0.717, 1.165) is 42.1 Å². The second-order valence-electron chi connectivity index (χ2n) is 7.05. The van der Waals surface area contributed by atoms with E-state index in [1.165, 1.54) is 16.7 Å². The molecule has 4 nitrogen and oxygen atoms in total. The number of H-pyrrole nitrogens is 1. The van der Waals surface area contributed by atoms with Crippen molar-refractivity contribution < 1.29 is 4.74 Å². The first kappa shape index (κ1) is 18.3. The topological polar surface area (TPSA) is 49.9 Å². The molecule has 0 bridgehead atoms. The summed E-state index contributed by atoms with van der Waals surface area (Å²) in [4.78, 5) is 7.97. The molecule has 2 N–H and O–H groups in total. The molecule has 0 atom stereocenters. The van der Waals surface area contributed by atoms with Crippen molar-refractivity contribution in [2.45, 2.75) is 26.5 Å². The normalized spacial score (nSPS) is 11.0. The number of aromatic amines is 1. The van der Waals surface area contributed by atoms with E-state index in [0.29, 0.717) is 6.61 Å². The molecule has 0 radical (unpaired) electrons. The molecule has 4 aromatic rings. The van der Waals surface area contributed by atoms with Gasteiger partial charge in [-0.2, -0.15) is 0 Å². The van der Waals surface area contributed by atoms with Gasteiger partial charge < -0.3 is 15.0 Å². The zero-order valence-corrected chi connectivity index (χ0v) is 16.1. The van der Waals surface area contributed by atoms with Crippen molar-refractivity contribution in [3.63, 3.8) is 0 Å². The van der Waals surface area contributed by atoms with E-state index >= 15 is 0 Å². The van der Waals surface area contributed by atoms with Gasteiger partial charge in [-0.05, 0) is 42.3 Å². The van der Waals surface area contributed by atoms with E-state index in [-0.39, 0.29) is 0 Å². The SMILES string of the molecule is Cc1ccc(COc2ccc(CNCCc3nc4ccccc4[nH]3)cc2)cc1. The maximum Gasteiger partial charge on any atom is 0.119 e. The summed E-state index contributed by atoms with van der Waals surface area (Å²) in [7, 11) is 0. The third kappa shape index (κ3) is 4.78. The summed E-state index contributed by atoms with van der Waals surface area (Å²) in [6, 6.07) is 24.8. The number of benzene rings is 3. The molecule has 0 aliphatic heterocycles. The number of aryl methyl sites for hydroxylation is 1. The number of hydrogen-bond donors (Lipinski definition) is 2. The fraction of sp³-hybridized carbons (Fsp3) is 0.208. The van der Waals surface area contributed by atoms with Crippen molar-refractivity contribution in [2.75, 3.05) is 6.54 Å². The third-order valence-electron chi connectivity index (χ3n) is 4.76. The van der Waals surface area contributed by atoms with Crippen LogP contribution >= 0.6 is 0 Å². The van der Waals surface area contributed by atoms with Gasteiger partial charge in [0.15, 0.2) is 0 Å². The molecule has 0 fully saturated rings. The Morgan fingerprint density at radius 2 is 1.64 bits per heavy atom. The summed E-state index contributed by atoms with van der Waals surface area (Å²) in [6.07, 6.45) is 0.881. The molecular formula is C24H25N3O. The largest absolute Gasteiger partial charge is 0.489 e. The molecule has 0 spiro atoms. The van der Waals surface area contributed by atoms with Crippen molar-refractivity contribution >= 4 is 11.0 Å². The van der Waals surface area contributed by atoms with Gasteiger partial charge in [0.1, 0.15) is 18.2 Å². The number of hydrogen-bond acceptors (Lipinski definition) is 3. The Bertz CT molecular complexity index is 987. The van der Waals surface area contributed by atoms with Gasteiger partial charge >= 0.3 is 0 Å². The van der Waals surface area contributed by atoms with Crippen molar-refractivity contribution in [1.82, 2.24) is 15.3 Å². The summed E-state index contributed by atoms with van der Waals surface area (Å²) in [6.45, 7) is 4.40. The molecule has 142 valence electrons. The minimum atomic E-state index is 0.593. The minimum absolute atomic E-state index is 0.593. The average Bonchev–Trinajstić information content (AvgIpc) is 3.14. The Morgan fingerprint density at radius 1 is 0.893 bits per heavy atom. The predicted molar refractivity (Wildman–Crippen MR) is 113 cm³/mol. The molecule has 1 heterocycles. The number of ether oxygens (including phenoxy) is 1. The molecule has 0 aliphatic carbocycles. The lowest BCUT2D eigenvalue weighted by molar-refractivity contribution is 0.306. The Labute approximate surface area is 165 Å². The van der Waals surface area contributed by atoms with Crippen LogP contribution in [0.2, 0.25) is 0 Å². The standard InChI is InChI=1S/C24H25N3O/c1-18-6-8-20(9-7-18)17-28-21-12-10-19(11-13-21)16-25-15-14-24-26-22-4-2-3-5-23(22)27-24/h2-13,25H,14-17H2,1H3,(H,26,27). The van der Waals surface area contributed by atoms with Gasteiger partial charge in [0, 0.05) is 19.5 Å². The van der Waals surface area contributed by atoms with Crippen LogP contribution in [0.3, 0.4) is 0 Å². The molecular weight excluding hydrogens is 346 g/mol. The number of aromatic nitrogens is 2. The lowest BCUT2D eigenvalue weighted by atomic mass is 10.2. The van der Waals surface area contributed by atoms with E-state index < -0.39 is 0 Å². The van der Waals surface area contributed by atoms with Gasteiger partial charge in [-0.3, -0.25) is 0 Å². The van der Waals surface area contributed by atoms with Crippen molar-refractivity contribution in [2.24, 2.45) is 0 Å². The number of rotatable bonds is 8. The Hall–Kier alpha value is -3.11. The molecule has 4 heteroatoms. The fourth-order valence-corrected chi connectivity index (χ4v) is 3.12. The van der Waals surface area contributed by atoms with Crippen LogP contribution in [0.5, 0.6) is 5.75 Å². The van der Waals surface area contributed by atoms with Crippen LogP contribution in [0.1, 0.15) is 22.5 Å². The lowest BCUT2D eigenvalue weighted by Crippen LogP contribution is -2.17. The number of nitrogens with zero attached hydrogens (tertiary/aromatic N) is 1. The number of para-hydroxylation sites is 2. The van der Waals surface area contributed by atoms with Gasteiger partial charge in [0.05, 0.1) is 11.0 Å². The first-order chi connectivity index (χ1) is 13.8. The maximum atomic E-state index is 5.87. The van der Waals surface area contributed by atoms with E-state index in [4.69, 9.17) is 4.74 Å². The second-order valence-corrected chi connectivity index (χ2v) is 7.05. The average molecular weight is 371 g/mol. The maximum absolute atomic E-state index is 5.87. The van der Waals surface area contributed by atoms with Crippen LogP contribution in [-0.2, 0) is 19.6 Å². The van der Waals surface area contributed by atoms with E-state index in [1.807, 2.05) is 30.3 Å². The van der Waals surface area contributed by atoms with E-state index in [2.05, 4.69) is 64.7 Å². The first-order valence-electron chi connectivity index (χ1n) is 9.68. The highest BCUT2D eigenvalue weighted by Crippen LogP contribution is 2.15. The van der Waals surface area contributed by atoms with Gasteiger partial charge in [0.2, 0.25) is 0 Å². The molecule has 0 saturated heterocycles. The lowest BCUT2D eigenvalue weighted by Gasteiger charge is -2.08. The first-order valence-corrected chi connectivity index (χ1v) is 9.68. The Morgan fingerprint density at radius 3 is 2.43 bits per heavy atom. The molecule has 0 saturated carbocycles. The van der Waals surface area contributed by atoms with Crippen LogP contribution in [-0.4, -0.2) is 16.5 Å². The van der Waals surface area contributed by atoms with E-state index in [9.17, 15) is 0 Å². The third-order valence-corrected chi connectivity index (χ3v) is 4.76. The molecule has 0 amide bonds. The van der Waals surface area contributed by atoms with Crippen LogP contribution in [0.15, 0.2) is 72.8 Å². The Balaban J connectivity index is 1.21. The smallest absolute Gasteiger partial charge is 0.119 e. The minimum Gasteiger partial charge on any atom is -0.489 e. The zero-order valence-electron chi connectivity index (χ0n) is 16.1. The summed E-state index contributed by atoms with van der Waals surface area (Å²) in [5, 5.41) is 3.48. The monoisotopic (exact) mass is 371 g/mol. The summed E-state index contributed by atoms with van der Waals surface area (Å²) in [5.74, 6) is 1.92. The molecule has 28 heavy (non-hydrogen) atoms. The fourth-order valence-electron chi connectivity index (χ4n) is 3.12. The number of imidazole rings is 1. The van der Waals surface area contributed by atoms with Gasteiger partial charge in [-0.25, -0.2) is 4.98 Å². The van der Waals surface area contributed by atoms with Crippen LogP contribution in [0.4, 0.5) is 0 Å². The predicted octanol–water partition coefficient (Wildman–Crippen LogP) is 4.78. The summed E-state index contributed by atoms with van der Waals surface area (Å²) < 4.78 is 5.87. The number of nitrogens with one attached hydrogen (secondary N) is 2. The molecule has 1 aromatic heterocycles. The van der Waals surface area contributed by atoms with Gasteiger partial charge in [-0.1, -0.05) is 54.1 Å². The van der Waals surface area contributed by atoms with Crippen LogP contribution < -0.4 is 10.1 Å². The van der Waals surface area contributed by atoms with Crippen LogP contribution in [0, 0.1) is 6.92 Å². The van der Waals surface area contributed by atoms with E-state index in [1.54, 1.807) is 0 Å². The van der Waals surface area contributed by atoms with Crippen molar-refractivity contribution in [1.29, 1.82) is 0 Å².